The van der Waals surface area contributed by atoms with E-state index in [2.05, 4.69) is 87.0 Å². The Morgan fingerprint density at radius 3 is 2.12 bits per heavy atom. The lowest BCUT2D eigenvalue weighted by molar-refractivity contribution is 0.636. The van der Waals surface area contributed by atoms with Gasteiger partial charge < -0.3 is 13.4 Å². The van der Waals surface area contributed by atoms with Crippen LogP contribution in [-0.2, 0) is 0 Å². The smallest absolute Gasteiger partial charge is 0.171 e. The Balaban J connectivity index is 1.32. The summed E-state index contributed by atoms with van der Waals surface area (Å²) >= 11 is 7.58. The largest absolute Gasteiger partial charge is 0.455 e. The van der Waals surface area contributed by atoms with Crippen molar-refractivity contribution in [3.8, 4) is 16.3 Å². The van der Waals surface area contributed by atoms with Gasteiger partial charge in [-0.15, -0.1) is 45.3 Å². The third kappa shape index (κ3) is 2.78. The Hall–Kier alpha value is -3.14. The quantitative estimate of drug-likeness (QED) is 0.171. The molecule has 0 unspecified atom stereocenters. The minimum absolute atomic E-state index is 0.943. The minimum Gasteiger partial charge on any atom is -0.455 e. The maximum atomic E-state index is 6.83. The van der Waals surface area contributed by atoms with Crippen LogP contribution in [0.3, 0.4) is 0 Å². The molecule has 0 radical (unpaired) electrons. The molecule has 8 heteroatoms. The lowest BCUT2D eigenvalue weighted by Gasteiger charge is -2.17. The van der Waals surface area contributed by atoms with E-state index in [-0.39, 0.29) is 0 Å². The molecule has 0 atom stereocenters. The van der Waals surface area contributed by atoms with Crippen LogP contribution in [0.1, 0.15) is 15.3 Å². The molecule has 7 aromatic heterocycles. The normalized spacial score (nSPS) is 14.7. The molecule has 0 aliphatic carbocycles. The van der Waals surface area contributed by atoms with Crippen molar-refractivity contribution >= 4 is 126 Å². The first-order valence-corrected chi connectivity index (χ1v) is 20.0. The highest BCUT2D eigenvalue weighted by Crippen LogP contribution is 2.50. The summed E-state index contributed by atoms with van der Waals surface area (Å²) in [6, 6.07) is 18.1. The van der Waals surface area contributed by atoms with Gasteiger partial charge in [-0.3, -0.25) is 0 Å². The Morgan fingerprint density at radius 1 is 0.659 bits per heavy atom. The fourth-order valence-electron chi connectivity index (χ4n) is 7.10. The summed E-state index contributed by atoms with van der Waals surface area (Å²) in [5, 5.41) is 5.35. The number of thiophene rings is 4. The maximum Gasteiger partial charge on any atom is 0.171 e. The van der Waals surface area contributed by atoms with Crippen molar-refractivity contribution in [3.63, 3.8) is 0 Å². The Kier molecular flexibility index (Phi) is 4.25. The molecule has 0 amide bonds. The van der Waals surface area contributed by atoms with Gasteiger partial charge in [0.15, 0.2) is 5.58 Å². The lowest BCUT2D eigenvalue weighted by atomic mass is 10.1. The van der Waals surface area contributed by atoms with Gasteiger partial charge in [-0.2, -0.15) is 0 Å². The van der Waals surface area contributed by atoms with Crippen LogP contribution in [0, 0.1) is 20.8 Å². The average Bonchev–Trinajstić information content (AvgIpc) is 3.75. The van der Waals surface area contributed by atoms with Gasteiger partial charge in [0.1, 0.15) is 30.5 Å². The minimum atomic E-state index is -1.95. The first-order chi connectivity index (χ1) is 19.8. The predicted molar refractivity (Wildman–Crippen MR) is 183 cm³/mol. The SMILES string of the molecule is Cc1ccc(-n2c3c4cc5oc6c(c5cc4oc3c3sc4cc(C)sc4c32)[Si](C)(C)c2c-6sc3cc(C)sc23)cc1. The van der Waals surface area contributed by atoms with E-state index in [1.54, 1.807) is 5.19 Å². The zero-order valence-corrected chi connectivity index (χ0v) is 27.3. The molecule has 0 fully saturated rings. The molecule has 1 aliphatic heterocycles. The number of furan rings is 2. The van der Waals surface area contributed by atoms with Crippen LogP contribution in [0.2, 0.25) is 13.1 Å². The second-order valence-electron chi connectivity index (χ2n) is 11.9. The lowest BCUT2D eigenvalue weighted by Crippen LogP contribution is -2.48. The molecule has 0 spiro atoms. The molecule has 3 nitrogen and oxygen atoms in total. The van der Waals surface area contributed by atoms with Gasteiger partial charge in [-0.25, -0.2) is 0 Å². The van der Waals surface area contributed by atoms with Crippen LogP contribution in [0.15, 0.2) is 57.4 Å². The zero-order valence-electron chi connectivity index (χ0n) is 23.0. The van der Waals surface area contributed by atoms with E-state index in [1.165, 1.54) is 65.5 Å². The molecule has 0 saturated heterocycles. The first-order valence-electron chi connectivity index (χ1n) is 13.8. The molecule has 2 aromatic carbocycles. The highest BCUT2D eigenvalue weighted by molar-refractivity contribution is 7.35. The van der Waals surface area contributed by atoms with Crippen LogP contribution in [0.5, 0.6) is 0 Å². The molecule has 0 N–H and O–H groups in total. The van der Waals surface area contributed by atoms with E-state index in [0.29, 0.717) is 0 Å². The van der Waals surface area contributed by atoms with E-state index in [4.69, 9.17) is 8.83 Å². The molecule has 0 bridgehead atoms. The van der Waals surface area contributed by atoms with Gasteiger partial charge in [0, 0.05) is 40.3 Å². The summed E-state index contributed by atoms with van der Waals surface area (Å²) in [7, 11) is -1.95. The average molecular weight is 622 g/mol. The number of fused-ring (bicyclic) bond motifs is 14. The Bertz CT molecular complexity index is 2590. The summed E-state index contributed by atoms with van der Waals surface area (Å²) < 4.78 is 22.9. The van der Waals surface area contributed by atoms with Crippen molar-refractivity contribution < 1.29 is 8.83 Å². The van der Waals surface area contributed by atoms with E-state index in [9.17, 15) is 0 Å². The van der Waals surface area contributed by atoms with Crippen LogP contribution in [0.25, 0.3) is 78.4 Å². The van der Waals surface area contributed by atoms with Crippen LogP contribution in [0.4, 0.5) is 0 Å². The van der Waals surface area contributed by atoms with E-state index in [0.717, 1.165) is 33.4 Å². The number of hydrogen-bond donors (Lipinski definition) is 0. The van der Waals surface area contributed by atoms with Crippen molar-refractivity contribution in [1.29, 1.82) is 0 Å². The predicted octanol–water partition coefficient (Wildman–Crippen LogP) is 10.6. The summed E-state index contributed by atoms with van der Waals surface area (Å²) in [6.07, 6.45) is 0. The molecule has 9 aromatic rings. The highest BCUT2D eigenvalue weighted by atomic mass is 32.1. The fourth-order valence-corrected chi connectivity index (χ4v) is 17.2. The third-order valence-corrected chi connectivity index (χ3v) is 17.3. The topological polar surface area (TPSA) is 31.2 Å². The molecular formula is C33H23NO2S4Si. The number of benzene rings is 2. The molecule has 1 aliphatic rings. The second-order valence-corrected chi connectivity index (χ2v) is 20.8. The number of aryl methyl sites for hydroxylation is 3. The van der Waals surface area contributed by atoms with E-state index >= 15 is 0 Å². The molecule has 41 heavy (non-hydrogen) atoms. The summed E-state index contributed by atoms with van der Waals surface area (Å²) in [5.41, 5.74) is 7.73. The van der Waals surface area contributed by atoms with Crippen molar-refractivity contribution in [1.82, 2.24) is 4.57 Å². The zero-order chi connectivity index (χ0) is 27.5. The van der Waals surface area contributed by atoms with Gasteiger partial charge in [-0.05, 0) is 67.5 Å². The van der Waals surface area contributed by atoms with Gasteiger partial charge in [0.25, 0.3) is 0 Å². The van der Waals surface area contributed by atoms with Crippen molar-refractivity contribution in [2.45, 2.75) is 33.9 Å². The van der Waals surface area contributed by atoms with Crippen molar-refractivity contribution in [2.24, 2.45) is 0 Å². The first kappa shape index (κ1) is 23.4. The van der Waals surface area contributed by atoms with Gasteiger partial charge in [0.2, 0.25) is 0 Å². The third-order valence-electron chi connectivity index (χ3n) is 8.82. The fraction of sp³-hybridized carbons (Fsp3) is 0.152. The summed E-state index contributed by atoms with van der Waals surface area (Å²) in [5.74, 6) is 1.10. The standard InChI is InChI=1S/C33H23NO2S4Si/c1-14-6-8-17(9-7-14)34-24-18-12-21-19(13-20(18)35-26(24)30-25(34)28-22(39-30)10-15(2)37-28)32-27(36-21)31-33(41(32,4)5)29-23(40-31)11-16(3)38-29/h6-13H,1-5H3. The van der Waals surface area contributed by atoms with Crippen molar-refractivity contribution in [3.05, 3.63) is 63.8 Å². The summed E-state index contributed by atoms with van der Waals surface area (Å²) in [4.78, 5) is 4.09. The molecule has 10 rings (SSSR count). The second kappa shape index (κ2) is 7.43. The van der Waals surface area contributed by atoms with E-state index < -0.39 is 8.07 Å². The van der Waals surface area contributed by atoms with Gasteiger partial charge in [-0.1, -0.05) is 30.8 Å². The number of rotatable bonds is 1. The van der Waals surface area contributed by atoms with Crippen LogP contribution < -0.4 is 10.4 Å². The Morgan fingerprint density at radius 2 is 1.34 bits per heavy atom. The molecule has 200 valence electrons. The van der Waals surface area contributed by atoms with Gasteiger partial charge in [0.05, 0.1) is 19.8 Å². The molecule has 0 saturated carbocycles. The van der Waals surface area contributed by atoms with Crippen molar-refractivity contribution in [2.75, 3.05) is 0 Å². The Labute approximate surface area is 251 Å². The molecule has 8 heterocycles. The summed E-state index contributed by atoms with van der Waals surface area (Å²) in [6.45, 7) is 11.5. The number of hydrogen-bond acceptors (Lipinski definition) is 6. The van der Waals surface area contributed by atoms with Crippen LogP contribution >= 0.6 is 45.3 Å². The van der Waals surface area contributed by atoms with Gasteiger partial charge >= 0.3 is 0 Å². The maximum absolute atomic E-state index is 6.83. The van der Waals surface area contributed by atoms with E-state index in [1.807, 2.05) is 45.3 Å². The molecular weight excluding hydrogens is 599 g/mol. The highest BCUT2D eigenvalue weighted by Gasteiger charge is 2.45. The number of nitrogens with zero attached hydrogens (tertiary/aromatic N) is 1. The number of aromatic nitrogens is 1. The monoisotopic (exact) mass is 621 g/mol. The van der Waals surface area contributed by atoms with Crippen LogP contribution in [-0.4, -0.2) is 12.6 Å².